The Morgan fingerprint density at radius 2 is 2.21 bits per heavy atom. The molecule has 0 bridgehead atoms. The van der Waals surface area contributed by atoms with Gasteiger partial charge in [-0.1, -0.05) is 29.4 Å². The molecule has 0 radical (unpaired) electrons. The Balaban J connectivity index is 1.32. The number of rotatable bonds is 9. The number of carboxylic acids is 1. The average Bonchev–Trinajstić information content (AvgIpc) is 3.51. The molecule has 1 aromatic carbocycles. The Bertz CT molecular complexity index is 1450. The summed E-state index contributed by atoms with van der Waals surface area (Å²) in [5.41, 5.74) is 6.78. The molecule has 2 aliphatic rings. The zero-order valence-corrected chi connectivity index (χ0v) is 23.5. The van der Waals surface area contributed by atoms with Crippen LogP contribution < -0.4 is 11.1 Å². The first kappa shape index (κ1) is 26.8. The van der Waals surface area contributed by atoms with E-state index in [-0.39, 0.29) is 5.70 Å². The van der Waals surface area contributed by atoms with E-state index in [4.69, 9.17) is 17.3 Å². The summed E-state index contributed by atoms with van der Waals surface area (Å²) in [4.78, 5) is 45.0. The summed E-state index contributed by atoms with van der Waals surface area (Å²) in [7, 11) is 1.69. The first-order chi connectivity index (χ1) is 18.2. The molecule has 38 heavy (non-hydrogen) atoms. The van der Waals surface area contributed by atoms with Crippen LogP contribution in [0.2, 0.25) is 5.02 Å². The molecule has 1 fully saturated rings. The fourth-order valence-corrected chi connectivity index (χ4v) is 8.17. The van der Waals surface area contributed by atoms with Crippen molar-refractivity contribution in [1.29, 1.82) is 0 Å². The first-order valence-corrected chi connectivity index (χ1v) is 15.1. The van der Waals surface area contributed by atoms with Gasteiger partial charge in [0.2, 0.25) is 11.1 Å². The molecule has 0 aliphatic carbocycles. The molecule has 2 aromatic heterocycles. The van der Waals surface area contributed by atoms with Crippen molar-refractivity contribution in [2.24, 2.45) is 7.05 Å². The van der Waals surface area contributed by atoms with Crippen LogP contribution in [0, 0.1) is 0 Å². The average molecular weight is 611 g/mol. The van der Waals surface area contributed by atoms with Crippen LogP contribution in [0.15, 0.2) is 51.0 Å². The second-order valence-electron chi connectivity index (χ2n) is 8.09. The van der Waals surface area contributed by atoms with Crippen LogP contribution in [0.3, 0.4) is 0 Å². The van der Waals surface area contributed by atoms with Gasteiger partial charge in [0.25, 0.3) is 5.91 Å². The van der Waals surface area contributed by atoms with Crippen LogP contribution in [0.25, 0.3) is 0 Å². The maximum Gasteiger partial charge on any atom is 0.352 e. The second kappa shape index (κ2) is 11.1. The van der Waals surface area contributed by atoms with E-state index in [1.165, 1.54) is 56.2 Å². The Labute approximate surface area is 237 Å². The minimum atomic E-state index is -1.20. The highest BCUT2D eigenvalue weighted by atomic mass is 35.5. The fraction of sp³-hybridized carbons (Fsp3) is 0.286. The highest BCUT2D eigenvalue weighted by Crippen LogP contribution is 2.43. The topological polar surface area (TPSA) is 169 Å². The van der Waals surface area contributed by atoms with Crippen molar-refractivity contribution in [2.75, 3.05) is 17.2 Å². The normalized spacial score (nSPS) is 19.6. The number of aliphatic carboxylic acids is 1. The van der Waals surface area contributed by atoms with E-state index >= 15 is 0 Å². The van der Waals surface area contributed by atoms with Gasteiger partial charge < -0.3 is 16.2 Å². The molecule has 12 nitrogen and oxygen atoms in total. The largest absolute Gasteiger partial charge is 0.477 e. The summed E-state index contributed by atoms with van der Waals surface area (Å²) >= 11 is 11.2. The van der Waals surface area contributed by atoms with Gasteiger partial charge in [0.1, 0.15) is 22.4 Å². The Hall–Kier alpha value is -2.79. The molecule has 3 atom stereocenters. The highest BCUT2D eigenvalue weighted by Gasteiger charge is 2.54. The molecule has 1 saturated heterocycles. The molecule has 2 amide bonds. The predicted octanol–water partition coefficient (Wildman–Crippen LogP) is 2.27. The van der Waals surface area contributed by atoms with Crippen LogP contribution in [0.1, 0.15) is 10.9 Å². The predicted molar refractivity (Wildman–Crippen MR) is 146 cm³/mol. The molecule has 0 spiro atoms. The number of nitrogen functional groups attached to an aromatic ring is 1. The number of aromatic nitrogens is 5. The van der Waals surface area contributed by atoms with E-state index in [9.17, 15) is 19.5 Å². The second-order valence-corrected chi connectivity index (χ2v) is 12.6. The van der Waals surface area contributed by atoms with Crippen LogP contribution in [0.5, 0.6) is 0 Å². The standard InChI is InChI=1S/C21H19ClN8O4S4/c1-29-21(26-27-28-29)37-7-9-6-35-18-13(17(32)30(18)14(9)19(33)34)25-16(31)15(12-8-36-20(23)24-12)38-11-4-2-3-10(22)5-11/h2-5,8,13,15,18H,6-7H2,1H3,(H2,23,24)(H,25,31)(H,33,34)/t13?,15?,18-/m1/s1. The van der Waals surface area contributed by atoms with Crippen LogP contribution >= 0.6 is 58.2 Å². The van der Waals surface area contributed by atoms with E-state index < -0.39 is 34.4 Å². The zero-order valence-electron chi connectivity index (χ0n) is 19.5. The lowest BCUT2D eigenvalue weighted by molar-refractivity contribution is -0.150. The van der Waals surface area contributed by atoms with E-state index in [2.05, 4.69) is 25.8 Å². The number of nitrogens with zero attached hydrogens (tertiary/aromatic N) is 6. The fourth-order valence-electron chi connectivity index (χ4n) is 3.86. The number of nitrogens with one attached hydrogen (secondary N) is 1. The van der Waals surface area contributed by atoms with Crippen LogP contribution in [-0.2, 0) is 21.4 Å². The number of carbonyl (C=O) groups is 3. The Kier molecular flexibility index (Phi) is 7.85. The van der Waals surface area contributed by atoms with Gasteiger partial charge in [-0.25, -0.2) is 14.5 Å². The molecule has 2 unspecified atom stereocenters. The molecule has 198 valence electrons. The molecule has 0 saturated carbocycles. The van der Waals surface area contributed by atoms with Gasteiger partial charge in [-0.15, -0.1) is 40.0 Å². The molecule has 5 rings (SSSR count). The number of aryl methyl sites for hydroxylation is 1. The SMILES string of the molecule is Cn1nnnc1SCC1=C(C(=O)O)N2C(=O)C(NC(=O)C(Sc3cccc(Cl)c3)c3csc(N)n3)[C@H]2SC1. The summed E-state index contributed by atoms with van der Waals surface area (Å²) in [5, 5.41) is 25.7. The molecule has 2 aliphatic heterocycles. The Morgan fingerprint density at radius 1 is 1.39 bits per heavy atom. The van der Waals surface area contributed by atoms with Crippen molar-refractivity contribution in [2.45, 2.75) is 26.7 Å². The van der Waals surface area contributed by atoms with Gasteiger partial charge in [-0.05, 0) is 34.2 Å². The maximum atomic E-state index is 13.4. The lowest BCUT2D eigenvalue weighted by atomic mass is 10.0. The number of anilines is 1. The third-order valence-electron chi connectivity index (χ3n) is 5.60. The van der Waals surface area contributed by atoms with Crippen molar-refractivity contribution in [3.63, 3.8) is 0 Å². The number of hydrogen-bond acceptors (Lipinski definition) is 12. The molecule has 3 aromatic rings. The van der Waals surface area contributed by atoms with Gasteiger partial charge in [0.15, 0.2) is 5.13 Å². The zero-order chi connectivity index (χ0) is 27.0. The summed E-state index contributed by atoms with van der Waals surface area (Å²) in [6, 6.07) is 6.18. The summed E-state index contributed by atoms with van der Waals surface area (Å²) < 4.78 is 1.48. The van der Waals surface area contributed by atoms with Crippen molar-refractivity contribution >= 4 is 81.1 Å². The molecule has 4 N–H and O–H groups in total. The number of halogens is 1. The minimum Gasteiger partial charge on any atom is -0.477 e. The summed E-state index contributed by atoms with van der Waals surface area (Å²) in [6.45, 7) is 0. The van der Waals surface area contributed by atoms with Crippen LogP contribution in [0.4, 0.5) is 5.13 Å². The smallest absolute Gasteiger partial charge is 0.352 e. The summed E-state index contributed by atoms with van der Waals surface area (Å²) in [5.74, 6) is -1.44. The number of fused-ring (bicyclic) bond motifs is 1. The van der Waals surface area contributed by atoms with Crippen molar-refractivity contribution in [1.82, 2.24) is 35.4 Å². The van der Waals surface area contributed by atoms with Gasteiger partial charge in [-0.3, -0.25) is 14.5 Å². The summed E-state index contributed by atoms with van der Waals surface area (Å²) in [6.07, 6.45) is 0. The van der Waals surface area contributed by atoms with Crippen molar-refractivity contribution in [3.05, 3.63) is 51.6 Å². The number of benzene rings is 1. The third kappa shape index (κ3) is 5.36. The van der Waals surface area contributed by atoms with E-state index in [0.717, 1.165) is 4.90 Å². The minimum absolute atomic E-state index is 0.0657. The van der Waals surface area contributed by atoms with Crippen molar-refractivity contribution < 1.29 is 19.5 Å². The number of carboxylic acid groups (broad SMARTS) is 1. The first-order valence-electron chi connectivity index (χ1n) is 10.9. The van der Waals surface area contributed by atoms with Gasteiger partial charge in [0.05, 0.1) is 5.69 Å². The third-order valence-corrected chi connectivity index (χ3v) is 10.2. The molecular weight excluding hydrogens is 592 g/mol. The highest BCUT2D eigenvalue weighted by molar-refractivity contribution is 8.01. The van der Waals surface area contributed by atoms with Gasteiger partial charge >= 0.3 is 5.97 Å². The van der Waals surface area contributed by atoms with Crippen LogP contribution in [-0.4, -0.2) is 75.9 Å². The molecular formula is C21H19ClN8O4S4. The van der Waals surface area contributed by atoms with E-state index in [0.29, 0.717) is 38.1 Å². The monoisotopic (exact) mass is 610 g/mol. The van der Waals surface area contributed by atoms with Gasteiger partial charge in [-0.2, -0.15) is 0 Å². The number of β-lactam (4-membered cyclic amide) rings is 1. The molecule has 4 heterocycles. The van der Waals surface area contributed by atoms with E-state index in [1.54, 1.807) is 30.6 Å². The number of nitrogens with two attached hydrogens (primary N) is 1. The lowest BCUT2D eigenvalue weighted by Gasteiger charge is -2.49. The quantitative estimate of drug-likeness (QED) is 0.239. The van der Waals surface area contributed by atoms with Crippen molar-refractivity contribution in [3.8, 4) is 0 Å². The lowest BCUT2D eigenvalue weighted by Crippen LogP contribution is -2.70. The Morgan fingerprint density at radius 3 is 2.87 bits per heavy atom. The number of thioether (sulfide) groups is 3. The van der Waals surface area contributed by atoms with E-state index in [1.807, 2.05) is 6.07 Å². The number of carbonyl (C=O) groups excluding carboxylic acids is 2. The number of tetrazole rings is 1. The van der Waals surface area contributed by atoms with Gasteiger partial charge in [0, 0.05) is 33.9 Å². The number of amides is 2. The molecule has 17 heteroatoms. The number of hydrogen-bond donors (Lipinski definition) is 3. The maximum absolute atomic E-state index is 13.4. The number of thiazole rings is 1.